The number of carboxylic acid groups (broad SMARTS) is 2. The van der Waals surface area contributed by atoms with E-state index in [4.69, 9.17) is 15.9 Å². The van der Waals surface area contributed by atoms with Crippen molar-refractivity contribution in [2.24, 2.45) is 5.73 Å². The van der Waals surface area contributed by atoms with E-state index in [0.29, 0.717) is 5.69 Å². The Balaban J connectivity index is 2.48. The maximum absolute atomic E-state index is 11.7. The van der Waals surface area contributed by atoms with Crippen molar-refractivity contribution in [1.82, 2.24) is 20.3 Å². The Morgan fingerprint density at radius 3 is 2.62 bits per heavy atom. The summed E-state index contributed by atoms with van der Waals surface area (Å²) in [6.45, 7) is 0.00424. The third-order valence-corrected chi connectivity index (χ3v) is 2.62. The lowest BCUT2D eigenvalue weighted by Crippen LogP contribution is -2.42. The normalized spacial score (nSPS) is 11.9. The van der Waals surface area contributed by atoms with Gasteiger partial charge < -0.3 is 21.3 Å². The van der Waals surface area contributed by atoms with Crippen molar-refractivity contribution in [1.29, 1.82) is 0 Å². The second-order valence-electron chi connectivity index (χ2n) is 4.36. The quantitative estimate of drug-likeness (QED) is 0.431. The predicted molar refractivity (Wildman–Crippen MR) is 69.0 cm³/mol. The number of hydrogen-bond donors (Lipinski definition) is 4. The maximum Gasteiger partial charge on any atom is 0.326 e. The molecule has 1 aromatic rings. The van der Waals surface area contributed by atoms with Crippen LogP contribution in [-0.4, -0.2) is 49.1 Å². The van der Waals surface area contributed by atoms with Gasteiger partial charge in [0.05, 0.1) is 11.9 Å². The van der Waals surface area contributed by atoms with Crippen molar-refractivity contribution in [2.45, 2.75) is 38.4 Å². The van der Waals surface area contributed by atoms with Gasteiger partial charge in [0.25, 0.3) is 0 Å². The Bertz CT molecular complexity index is 515. The van der Waals surface area contributed by atoms with E-state index in [1.807, 2.05) is 0 Å². The van der Waals surface area contributed by atoms with Crippen LogP contribution in [0, 0.1) is 0 Å². The molecule has 10 nitrogen and oxygen atoms in total. The largest absolute Gasteiger partial charge is 0.481 e. The number of carbonyl (C=O) groups excluding carboxylic acids is 1. The number of rotatable bonds is 9. The average Bonchev–Trinajstić information content (AvgIpc) is 2.84. The van der Waals surface area contributed by atoms with Gasteiger partial charge in [-0.05, 0) is 12.8 Å². The molecule has 1 amide bonds. The van der Waals surface area contributed by atoms with Crippen LogP contribution in [0.5, 0.6) is 0 Å². The molecule has 1 atom stereocenters. The Kier molecular flexibility index (Phi) is 6.27. The lowest BCUT2D eigenvalue weighted by atomic mass is 10.1. The second-order valence-corrected chi connectivity index (χ2v) is 4.36. The molecule has 0 aromatic carbocycles. The van der Waals surface area contributed by atoms with Gasteiger partial charge in [-0.2, -0.15) is 0 Å². The molecule has 0 aliphatic rings. The first-order chi connectivity index (χ1) is 9.92. The van der Waals surface area contributed by atoms with Gasteiger partial charge in [-0.15, -0.1) is 5.10 Å². The van der Waals surface area contributed by atoms with E-state index < -0.39 is 23.9 Å². The monoisotopic (exact) mass is 299 g/mol. The average molecular weight is 299 g/mol. The summed E-state index contributed by atoms with van der Waals surface area (Å²) in [5, 5.41) is 27.2. The number of nitrogens with zero attached hydrogens (tertiary/aromatic N) is 3. The zero-order valence-electron chi connectivity index (χ0n) is 11.2. The summed E-state index contributed by atoms with van der Waals surface area (Å²) in [4.78, 5) is 33.1. The summed E-state index contributed by atoms with van der Waals surface area (Å²) in [7, 11) is 0. The zero-order chi connectivity index (χ0) is 15.8. The minimum atomic E-state index is -1.21. The first kappa shape index (κ1) is 16.6. The highest BCUT2D eigenvalue weighted by molar-refractivity contribution is 5.83. The fourth-order valence-electron chi connectivity index (χ4n) is 1.61. The topological polar surface area (TPSA) is 160 Å². The van der Waals surface area contributed by atoms with Crippen LogP contribution in [0.15, 0.2) is 6.20 Å². The fraction of sp³-hybridized carbons (Fsp3) is 0.545. The molecule has 1 heterocycles. The fourth-order valence-corrected chi connectivity index (χ4v) is 1.61. The maximum atomic E-state index is 11.7. The lowest BCUT2D eigenvalue weighted by molar-refractivity contribution is -0.142. The smallest absolute Gasteiger partial charge is 0.326 e. The van der Waals surface area contributed by atoms with Crippen molar-refractivity contribution in [3.8, 4) is 0 Å². The number of amides is 1. The number of carboxylic acids is 2. The van der Waals surface area contributed by atoms with Crippen molar-refractivity contribution >= 4 is 17.8 Å². The summed E-state index contributed by atoms with van der Waals surface area (Å²) in [6, 6.07) is -1.13. The Hall–Kier alpha value is -2.49. The molecule has 0 fully saturated rings. The third kappa shape index (κ3) is 5.99. The van der Waals surface area contributed by atoms with Gasteiger partial charge in [0.15, 0.2) is 0 Å². The van der Waals surface area contributed by atoms with Crippen LogP contribution in [0.2, 0.25) is 0 Å². The van der Waals surface area contributed by atoms with E-state index in [0.717, 1.165) is 0 Å². The first-order valence-corrected chi connectivity index (χ1v) is 6.25. The van der Waals surface area contributed by atoms with Gasteiger partial charge in [-0.25, -0.2) is 9.48 Å². The number of nitrogens with one attached hydrogen (secondary N) is 1. The zero-order valence-corrected chi connectivity index (χ0v) is 11.2. The number of aliphatic carboxylic acids is 2. The molecule has 0 spiro atoms. The molecule has 5 N–H and O–H groups in total. The molecule has 116 valence electrons. The highest BCUT2D eigenvalue weighted by Gasteiger charge is 2.20. The molecule has 0 unspecified atom stereocenters. The van der Waals surface area contributed by atoms with Gasteiger partial charge in [-0.3, -0.25) is 9.59 Å². The van der Waals surface area contributed by atoms with Crippen LogP contribution in [-0.2, 0) is 27.5 Å². The van der Waals surface area contributed by atoms with Crippen LogP contribution < -0.4 is 11.1 Å². The SMILES string of the molecule is NCc1cn(CC(=O)N[C@H](CCCC(=O)O)C(=O)O)nn1. The molecule has 1 rings (SSSR count). The molecule has 1 aromatic heterocycles. The van der Waals surface area contributed by atoms with E-state index >= 15 is 0 Å². The molecule has 0 bridgehead atoms. The summed E-state index contributed by atoms with van der Waals surface area (Å²) in [5.41, 5.74) is 5.86. The first-order valence-electron chi connectivity index (χ1n) is 6.25. The molecule has 0 radical (unpaired) electrons. The van der Waals surface area contributed by atoms with Crippen LogP contribution in [0.3, 0.4) is 0 Å². The number of aromatic nitrogens is 3. The Morgan fingerprint density at radius 2 is 2.10 bits per heavy atom. The molecule has 0 aliphatic heterocycles. The van der Waals surface area contributed by atoms with E-state index in [1.54, 1.807) is 0 Å². The number of carbonyl (C=O) groups is 3. The summed E-state index contributed by atoms with van der Waals surface area (Å²) in [5.74, 6) is -2.77. The predicted octanol–water partition coefficient (Wildman–Crippen LogP) is -1.44. The Labute approximate surface area is 119 Å². The van der Waals surface area contributed by atoms with Gasteiger partial charge >= 0.3 is 11.9 Å². The summed E-state index contributed by atoms with van der Waals surface area (Å²) in [6.07, 6.45) is 1.54. The van der Waals surface area contributed by atoms with Gasteiger partial charge in [0.2, 0.25) is 5.91 Å². The molecule has 10 heteroatoms. The van der Waals surface area contributed by atoms with E-state index in [1.165, 1.54) is 10.9 Å². The molecular weight excluding hydrogens is 282 g/mol. The molecule has 0 saturated carbocycles. The van der Waals surface area contributed by atoms with Crippen LogP contribution in [0.4, 0.5) is 0 Å². The van der Waals surface area contributed by atoms with E-state index in [-0.39, 0.29) is 32.4 Å². The van der Waals surface area contributed by atoms with Crippen molar-refractivity contribution in [3.63, 3.8) is 0 Å². The highest BCUT2D eigenvalue weighted by atomic mass is 16.4. The van der Waals surface area contributed by atoms with Crippen molar-refractivity contribution < 1.29 is 24.6 Å². The van der Waals surface area contributed by atoms with Crippen LogP contribution >= 0.6 is 0 Å². The number of nitrogens with two attached hydrogens (primary N) is 1. The van der Waals surface area contributed by atoms with Gasteiger partial charge in [0.1, 0.15) is 12.6 Å². The lowest BCUT2D eigenvalue weighted by Gasteiger charge is -2.13. The highest BCUT2D eigenvalue weighted by Crippen LogP contribution is 2.02. The van der Waals surface area contributed by atoms with Gasteiger partial charge in [0, 0.05) is 13.0 Å². The minimum Gasteiger partial charge on any atom is -0.481 e. The van der Waals surface area contributed by atoms with E-state index in [9.17, 15) is 14.4 Å². The van der Waals surface area contributed by atoms with E-state index in [2.05, 4.69) is 15.6 Å². The molecular formula is C11H17N5O5. The van der Waals surface area contributed by atoms with Crippen molar-refractivity contribution in [3.05, 3.63) is 11.9 Å². The molecule has 0 aliphatic carbocycles. The standard InChI is InChI=1S/C11H17N5O5/c12-4-7-5-16(15-14-7)6-9(17)13-8(11(20)21)2-1-3-10(18)19/h5,8H,1-4,6,12H2,(H,13,17)(H,18,19)(H,20,21)/t8-/m1/s1. The minimum absolute atomic E-state index is 0.0405. The third-order valence-electron chi connectivity index (χ3n) is 2.62. The van der Waals surface area contributed by atoms with Gasteiger partial charge in [-0.1, -0.05) is 5.21 Å². The van der Waals surface area contributed by atoms with Crippen LogP contribution in [0.1, 0.15) is 25.0 Å². The van der Waals surface area contributed by atoms with Crippen LogP contribution in [0.25, 0.3) is 0 Å². The number of hydrogen-bond acceptors (Lipinski definition) is 6. The Morgan fingerprint density at radius 1 is 1.38 bits per heavy atom. The van der Waals surface area contributed by atoms with Crippen molar-refractivity contribution in [2.75, 3.05) is 0 Å². The second kappa shape index (κ2) is 7.94. The summed E-state index contributed by atoms with van der Waals surface area (Å²) >= 11 is 0. The summed E-state index contributed by atoms with van der Waals surface area (Å²) < 4.78 is 1.24. The molecule has 21 heavy (non-hydrogen) atoms. The molecule has 0 saturated heterocycles.